The summed E-state index contributed by atoms with van der Waals surface area (Å²) in [6.07, 6.45) is 0. The lowest BCUT2D eigenvalue weighted by molar-refractivity contribution is 0.162. The SMILES string of the molecule is CCNC(=NCC(CO)c1ccccc1)NCCN(C)CCOC. The summed E-state index contributed by atoms with van der Waals surface area (Å²) in [5.74, 6) is 0.804. The minimum absolute atomic E-state index is 0.0195. The van der Waals surface area contributed by atoms with Gasteiger partial charge in [-0.25, -0.2) is 0 Å². The average Bonchev–Trinajstić information content (AvgIpc) is 2.61. The highest BCUT2D eigenvalue weighted by Gasteiger charge is 2.10. The molecule has 0 radical (unpaired) electrons. The van der Waals surface area contributed by atoms with Gasteiger partial charge in [0.1, 0.15) is 0 Å². The summed E-state index contributed by atoms with van der Waals surface area (Å²) in [7, 11) is 3.79. The summed E-state index contributed by atoms with van der Waals surface area (Å²) in [6, 6.07) is 10.0. The van der Waals surface area contributed by atoms with Crippen molar-refractivity contribution in [1.29, 1.82) is 0 Å². The maximum Gasteiger partial charge on any atom is 0.191 e. The Kier molecular flexibility index (Phi) is 10.8. The van der Waals surface area contributed by atoms with Gasteiger partial charge in [-0.2, -0.15) is 0 Å². The molecule has 1 atom stereocenters. The molecule has 1 aromatic carbocycles. The van der Waals surface area contributed by atoms with Crippen LogP contribution in [0.15, 0.2) is 35.3 Å². The molecular formula is C18H32N4O2. The monoisotopic (exact) mass is 336 g/mol. The molecule has 0 spiro atoms. The number of methoxy groups -OCH3 is 1. The number of likely N-dealkylation sites (N-methyl/N-ethyl adjacent to an activating group) is 1. The molecule has 0 saturated carbocycles. The number of ether oxygens (including phenoxy) is 1. The Hall–Kier alpha value is -1.63. The zero-order valence-corrected chi connectivity index (χ0v) is 15.2. The van der Waals surface area contributed by atoms with Crippen molar-refractivity contribution < 1.29 is 9.84 Å². The molecule has 0 heterocycles. The third-order valence-corrected chi connectivity index (χ3v) is 3.77. The van der Waals surface area contributed by atoms with Crippen LogP contribution < -0.4 is 10.6 Å². The number of guanidine groups is 1. The maximum absolute atomic E-state index is 9.62. The molecule has 0 aliphatic heterocycles. The number of aliphatic hydroxyl groups is 1. The van der Waals surface area contributed by atoms with Gasteiger partial charge < -0.3 is 25.4 Å². The fraction of sp³-hybridized carbons (Fsp3) is 0.611. The summed E-state index contributed by atoms with van der Waals surface area (Å²) in [4.78, 5) is 6.82. The van der Waals surface area contributed by atoms with Crippen molar-refractivity contribution in [3.8, 4) is 0 Å². The number of aliphatic imine (C=N–C) groups is 1. The van der Waals surface area contributed by atoms with Gasteiger partial charge in [-0.1, -0.05) is 30.3 Å². The van der Waals surface area contributed by atoms with Gasteiger partial charge in [0.25, 0.3) is 0 Å². The lowest BCUT2D eigenvalue weighted by atomic mass is 10.0. The molecule has 1 rings (SSSR count). The highest BCUT2D eigenvalue weighted by molar-refractivity contribution is 5.79. The van der Waals surface area contributed by atoms with Crippen molar-refractivity contribution in [1.82, 2.24) is 15.5 Å². The fourth-order valence-corrected chi connectivity index (χ4v) is 2.26. The quantitative estimate of drug-likeness (QED) is 0.414. The molecule has 0 fully saturated rings. The Morgan fingerprint density at radius 1 is 1.25 bits per heavy atom. The van der Waals surface area contributed by atoms with Crippen molar-refractivity contribution in [2.24, 2.45) is 4.99 Å². The minimum Gasteiger partial charge on any atom is -0.396 e. The van der Waals surface area contributed by atoms with Crippen molar-refractivity contribution in [3.63, 3.8) is 0 Å². The molecule has 0 saturated heterocycles. The van der Waals surface area contributed by atoms with Gasteiger partial charge in [0.2, 0.25) is 0 Å². The first kappa shape index (κ1) is 20.4. The number of nitrogens with zero attached hydrogens (tertiary/aromatic N) is 2. The summed E-state index contributed by atoms with van der Waals surface area (Å²) in [6.45, 7) is 6.86. The van der Waals surface area contributed by atoms with E-state index >= 15 is 0 Å². The lowest BCUT2D eigenvalue weighted by Crippen LogP contribution is -2.41. The van der Waals surface area contributed by atoms with E-state index in [0.29, 0.717) is 6.54 Å². The van der Waals surface area contributed by atoms with Gasteiger partial charge in [-0.3, -0.25) is 4.99 Å². The van der Waals surface area contributed by atoms with Crippen LogP contribution in [0.2, 0.25) is 0 Å². The molecule has 0 aliphatic carbocycles. The second kappa shape index (κ2) is 12.8. The second-order valence-corrected chi connectivity index (χ2v) is 5.73. The predicted octanol–water partition coefficient (Wildman–Crippen LogP) is 0.896. The molecule has 3 N–H and O–H groups in total. The third kappa shape index (κ3) is 8.29. The molecule has 136 valence electrons. The molecule has 0 aliphatic rings. The van der Waals surface area contributed by atoms with Crippen molar-refractivity contribution in [2.75, 3.05) is 60.1 Å². The Balaban J connectivity index is 2.49. The Morgan fingerprint density at radius 2 is 2.00 bits per heavy atom. The first-order valence-electron chi connectivity index (χ1n) is 8.56. The van der Waals surface area contributed by atoms with Crippen LogP contribution >= 0.6 is 0 Å². The zero-order chi connectivity index (χ0) is 17.6. The first-order chi connectivity index (χ1) is 11.7. The lowest BCUT2D eigenvalue weighted by Gasteiger charge is -2.18. The highest BCUT2D eigenvalue weighted by Crippen LogP contribution is 2.14. The predicted molar refractivity (Wildman–Crippen MR) is 99.6 cm³/mol. The Morgan fingerprint density at radius 3 is 2.62 bits per heavy atom. The Labute approximate surface area is 145 Å². The summed E-state index contributed by atoms with van der Waals surface area (Å²) in [5.41, 5.74) is 1.11. The standard InChI is InChI=1S/C18H32N4O2/c1-4-19-18(20-10-11-22(2)12-13-24-3)21-14-17(15-23)16-8-6-5-7-9-16/h5-9,17,23H,4,10-15H2,1-3H3,(H2,19,20,21). The molecule has 1 unspecified atom stereocenters. The van der Waals surface area contributed by atoms with E-state index in [2.05, 4.69) is 27.6 Å². The van der Waals surface area contributed by atoms with E-state index in [1.54, 1.807) is 7.11 Å². The van der Waals surface area contributed by atoms with Gasteiger partial charge >= 0.3 is 0 Å². The van der Waals surface area contributed by atoms with Crippen LogP contribution in [0.1, 0.15) is 18.4 Å². The van der Waals surface area contributed by atoms with E-state index in [4.69, 9.17) is 4.74 Å². The first-order valence-corrected chi connectivity index (χ1v) is 8.56. The zero-order valence-electron chi connectivity index (χ0n) is 15.2. The van der Waals surface area contributed by atoms with Crippen LogP contribution in [0.3, 0.4) is 0 Å². The molecule has 0 amide bonds. The molecule has 0 aromatic heterocycles. The van der Waals surface area contributed by atoms with Crippen molar-refractivity contribution >= 4 is 5.96 Å². The topological polar surface area (TPSA) is 69.1 Å². The van der Waals surface area contributed by atoms with E-state index in [1.165, 1.54) is 0 Å². The molecule has 6 heteroatoms. The van der Waals surface area contributed by atoms with E-state index in [9.17, 15) is 5.11 Å². The molecule has 6 nitrogen and oxygen atoms in total. The Bertz CT molecular complexity index is 454. The number of nitrogens with one attached hydrogen (secondary N) is 2. The number of aliphatic hydroxyl groups excluding tert-OH is 1. The van der Waals surface area contributed by atoms with E-state index in [-0.39, 0.29) is 12.5 Å². The number of benzene rings is 1. The molecule has 1 aromatic rings. The number of hydrogen-bond acceptors (Lipinski definition) is 4. The summed E-state index contributed by atoms with van der Waals surface area (Å²) in [5, 5.41) is 16.2. The smallest absolute Gasteiger partial charge is 0.191 e. The summed E-state index contributed by atoms with van der Waals surface area (Å²) >= 11 is 0. The van der Waals surface area contributed by atoms with Crippen LogP contribution in [0, 0.1) is 0 Å². The summed E-state index contributed by atoms with van der Waals surface area (Å²) < 4.78 is 5.08. The number of hydrogen-bond donors (Lipinski definition) is 3. The van der Waals surface area contributed by atoms with Gasteiger partial charge in [0.15, 0.2) is 5.96 Å². The van der Waals surface area contributed by atoms with E-state index in [1.807, 2.05) is 37.3 Å². The van der Waals surface area contributed by atoms with Gasteiger partial charge in [-0.15, -0.1) is 0 Å². The van der Waals surface area contributed by atoms with Crippen LogP contribution in [0.25, 0.3) is 0 Å². The van der Waals surface area contributed by atoms with Gasteiger partial charge in [0, 0.05) is 39.2 Å². The fourth-order valence-electron chi connectivity index (χ4n) is 2.26. The minimum atomic E-state index is 0.0195. The van der Waals surface area contributed by atoms with Crippen molar-refractivity contribution in [3.05, 3.63) is 35.9 Å². The largest absolute Gasteiger partial charge is 0.396 e. The van der Waals surface area contributed by atoms with E-state index < -0.39 is 0 Å². The molecule has 24 heavy (non-hydrogen) atoms. The van der Waals surface area contributed by atoms with Gasteiger partial charge in [0.05, 0.1) is 19.8 Å². The van der Waals surface area contributed by atoms with Gasteiger partial charge in [-0.05, 0) is 19.5 Å². The van der Waals surface area contributed by atoms with Crippen molar-refractivity contribution in [2.45, 2.75) is 12.8 Å². The second-order valence-electron chi connectivity index (χ2n) is 5.73. The van der Waals surface area contributed by atoms with Crippen LogP contribution in [0.5, 0.6) is 0 Å². The third-order valence-electron chi connectivity index (χ3n) is 3.77. The molecular weight excluding hydrogens is 304 g/mol. The van der Waals surface area contributed by atoms with Crippen LogP contribution in [-0.2, 0) is 4.74 Å². The van der Waals surface area contributed by atoms with E-state index in [0.717, 1.165) is 44.3 Å². The maximum atomic E-state index is 9.62. The number of rotatable bonds is 11. The van der Waals surface area contributed by atoms with Crippen LogP contribution in [0.4, 0.5) is 0 Å². The highest BCUT2D eigenvalue weighted by atomic mass is 16.5. The normalized spacial score (nSPS) is 13.1. The molecule has 0 bridgehead atoms. The van der Waals surface area contributed by atoms with Crippen LogP contribution in [-0.4, -0.2) is 76.1 Å². The average molecular weight is 336 g/mol.